The van der Waals surface area contributed by atoms with Crippen LogP contribution in [0, 0.1) is 17.3 Å². The van der Waals surface area contributed by atoms with Crippen LogP contribution in [0.15, 0.2) is 9.15 Å². The van der Waals surface area contributed by atoms with Crippen molar-refractivity contribution in [3.05, 3.63) is 9.15 Å². The van der Waals surface area contributed by atoms with E-state index in [1.807, 2.05) is 0 Å². The first-order chi connectivity index (χ1) is 5.53. The van der Waals surface area contributed by atoms with Crippen LogP contribution < -0.4 is 0 Å². The van der Waals surface area contributed by atoms with Gasteiger partial charge in [-0.2, -0.15) is 0 Å². The molecule has 0 saturated heterocycles. The second kappa shape index (κ2) is 2.73. The molecule has 0 spiro atoms. The monoisotopic (exact) mass is 276 g/mol. The van der Waals surface area contributed by atoms with Gasteiger partial charge in [0.15, 0.2) is 0 Å². The van der Waals surface area contributed by atoms with Crippen molar-refractivity contribution in [1.82, 2.24) is 0 Å². The smallest absolute Gasteiger partial charge is 0.0103 e. The van der Waals surface area contributed by atoms with E-state index in [2.05, 4.69) is 43.4 Å². The van der Waals surface area contributed by atoms with Crippen LogP contribution in [0.1, 0.15) is 40.0 Å². The molecule has 2 unspecified atom stereocenters. The van der Waals surface area contributed by atoms with E-state index in [4.69, 9.17) is 0 Å². The Morgan fingerprint density at radius 2 is 2.08 bits per heavy atom. The average molecular weight is 276 g/mol. The Morgan fingerprint density at radius 1 is 1.42 bits per heavy atom. The van der Waals surface area contributed by atoms with Crippen LogP contribution in [0.2, 0.25) is 0 Å². The third kappa shape index (κ3) is 1.08. The number of halogens is 1. The zero-order valence-electron chi connectivity index (χ0n) is 8.15. The minimum absolute atomic E-state index is 0.522. The number of rotatable bonds is 0. The summed E-state index contributed by atoms with van der Waals surface area (Å²) >= 11 is 2.51. The Kier molecular flexibility index (Phi) is 2.06. The molecule has 2 bridgehead atoms. The lowest BCUT2D eigenvalue weighted by Gasteiger charge is -2.33. The quantitative estimate of drug-likeness (QED) is 0.583. The van der Waals surface area contributed by atoms with Gasteiger partial charge in [-0.05, 0) is 69.6 Å². The fourth-order valence-corrected chi connectivity index (χ4v) is 4.51. The highest BCUT2D eigenvalue weighted by atomic mass is 127. The van der Waals surface area contributed by atoms with Crippen molar-refractivity contribution in [1.29, 1.82) is 0 Å². The van der Waals surface area contributed by atoms with Crippen molar-refractivity contribution < 1.29 is 0 Å². The lowest BCUT2D eigenvalue weighted by atomic mass is 9.73. The summed E-state index contributed by atoms with van der Waals surface area (Å²) in [6, 6.07) is 0. The van der Waals surface area contributed by atoms with Crippen LogP contribution in [0.3, 0.4) is 0 Å². The molecule has 2 aliphatic carbocycles. The van der Waals surface area contributed by atoms with Crippen molar-refractivity contribution in [2.75, 3.05) is 0 Å². The van der Waals surface area contributed by atoms with Gasteiger partial charge in [-0.3, -0.25) is 0 Å². The Labute approximate surface area is 88.9 Å². The predicted octanol–water partition coefficient (Wildman–Crippen LogP) is 4.15. The normalized spacial score (nSPS) is 42.0. The van der Waals surface area contributed by atoms with Gasteiger partial charge in [0.2, 0.25) is 0 Å². The highest BCUT2D eigenvalue weighted by molar-refractivity contribution is 14.1. The summed E-state index contributed by atoms with van der Waals surface area (Å²) < 4.78 is 1.56. The van der Waals surface area contributed by atoms with Gasteiger partial charge in [-0.25, -0.2) is 0 Å². The third-order valence-electron chi connectivity index (χ3n) is 3.93. The van der Waals surface area contributed by atoms with Crippen molar-refractivity contribution >= 4 is 22.6 Å². The Hall–Kier alpha value is 0.470. The lowest BCUT2D eigenvalue weighted by Crippen LogP contribution is -2.23. The van der Waals surface area contributed by atoms with E-state index in [0.717, 1.165) is 11.8 Å². The summed E-state index contributed by atoms with van der Waals surface area (Å²) in [5.41, 5.74) is 2.30. The van der Waals surface area contributed by atoms with Gasteiger partial charge in [-0.15, -0.1) is 0 Å². The Balaban J connectivity index is 2.42. The van der Waals surface area contributed by atoms with E-state index in [9.17, 15) is 0 Å². The zero-order chi connectivity index (χ0) is 8.93. The molecule has 0 heterocycles. The standard InChI is InChI=1S/C11H17I/c1-7(12)10-8-4-5-9(6-8)11(10,2)3/h8-9H,4-6H2,1-3H3/b10-7+. The summed E-state index contributed by atoms with van der Waals surface area (Å²) in [6.45, 7) is 7.15. The zero-order valence-corrected chi connectivity index (χ0v) is 10.3. The van der Waals surface area contributed by atoms with Gasteiger partial charge in [0.1, 0.15) is 0 Å². The minimum atomic E-state index is 0.522. The largest absolute Gasteiger partial charge is 0.0558 e. The average Bonchev–Trinajstić information content (AvgIpc) is 2.41. The highest BCUT2D eigenvalue weighted by Crippen LogP contribution is 2.60. The van der Waals surface area contributed by atoms with Crippen LogP contribution in [0.5, 0.6) is 0 Å². The van der Waals surface area contributed by atoms with Crippen LogP contribution in [-0.2, 0) is 0 Å². The molecule has 68 valence electrons. The molecule has 2 rings (SSSR count). The Bertz CT molecular complexity index is 233. The molecule has 0 aliphatic heterocycles. The molecule has 12 heavy (non-hydrogen) atoms. The topological polar surface area (TPSA) is 0 Å². The lowest BCUT2D eigenvalue weighted by molar-refractivity contribution is 0.287. The molecule has 0 aromatic carbocycles. The van der Waals surface area contributed by atoms with Crippen LogP contribution in [0.4, 0.5) is 0 Å². The number of hydrogen-bond donors (Lipinski definition) is 0. The molecule has 0 nitrogen and oxygen atoms in total. The van der Waals surface area contributed by atoms with Crippen LogP contribution >= 0.6 is 22.6 Å². The molecule has 2 aliphatic rings. The molecule has 0 aromatic rings. The maximum Gasteiger partial charge on any atom is -0.0103 e. The van der Waals surface area contributed by atoms with E-state index >= 15 is 0 Å². The van der Waals surface area contributed by atoms with Gasteiger partial charge in [0.25, 0.3) is 0 Å². The van der Waals surface area contributed by atoms with E-state index in [-0.39, 0.29) is 0 Å². The van der Waals surface area contributed by atoms with E-state index in [0.29, 0.717) is 5.41 Å². The second-order valence-electron chi connectivity index (χ2n) is 4.88. The molecule has 0 aromatic heterocycles. The molecular formula is C11H17I. The van der Waals surface area contributed by atoms with Gasteiger partial charge in [0, 0.05) is 0 Å². The summed E-state index contributed by atoms with van der Waals surface area (Å²) in [6.07, 6.45) is 4.41. The number of allylic oxidation sites excluding steroid dienone is 2. The fraction of sp³-hybridized carbons (Fsp3) is 0.818. The summed E-state index contributed by atoms with van der Waals surface area (Å²) in [5.74, 6) is 1.93. The molecule has 0 radical (unpaired) electrons. The third-order valence-corrected chi connectivity index (χ3v) is 4.51. The van der Waals surface area contributed by atoms with Crippen molar-refractivity contribution in [2.45, 2.75) is 40.0 Å². The molecule has 1 heteroatoms. The molecule has 2 atom stereocenters. The molecule has 2 fully saturated rings. The van der Waals surface area contributed by atoms with Crippen LogP contribution in [-0.4, -0.2) is 0 Å². The fourth-order valence-electron chi connectivity index (χ4n) is 3.37. The number of fused-ring (bicyclic) bond motifs is 2. The van der Waals surface area contributed by atoms with Gasteiger partial charge < -0.3 is 0 Å². The molecule has 0 N–H and O–H groups in total. The highest BCUT2D eigenvalue weighted by Gasteiger charge is 2.49. The van der Waals surface area contributed by atoms with E-state index in [1.54, 1.807) is 9.15 Å². The molecule has 2 saturated carbocycles. The van der Waals surface area contributed by atoms with Gasteiger partial charge in [-0.1, -0.05) is 19.4 Å². The van der Waals surface area contributed by atoms with Gasteiger partial charge >= 0.3 is 0 Å². The maximum atomic E-state index is 2.51. The SMILES string of the molecule is C/C(I)=C1/C2CCC(C2)C1(C)C. The predicted molar refractivity (Wildman–Crippen MR) is 61.3 cm³/mol. The molecule has 0 amide bonds. The summed E-state index contributed by atoms with van der Waals surface area (Å²) in [4.78, 5) is 0. The van der Waals surface area contributed by atoms with Crippen molar-refractivity contribution in [3.63, 3.8) is 0 Å². The first-order valence-electron chi connectivity index (χ1n) is 4.90. The molecular weight excluding hydrogens is 259 g/mol. The Morgan fingerprint density at radius 3 is 2.42 bits per heavy atom. The van der Waals surface area contributed by atoms with Gasteiger partial charge in [0.05, 0.1) is 0 Å². The van der Waals surface area contributed by atoms with E-state index < -0.39 is 0 Å². The minimum Gasteiger partial charge on any atom is -0.0558 e. The summed E-state index contributed by atoms with van der Waals surface area (Å²) in [7, 11) is 0. The first kappa shape index (κ1) is 9.04. The second-order valence-corrected chi connectivity index (χ2v) is 6.49. The maximum absolute atomic E-state index is 2.51. The first-order valence-corrected chi connectivity index (χ1v) is 5.98. The van der Waals surface area contributed by atoms with Crippen LogP contribution in [0.25, 0.3) is 0 Å². The summed E-state index contributed by atoms with van der Waals surface area (Å²) in [5, 5.41) is 0. The van der Waals surface area contributed by atoms with Crippen molar-refractivity contribution in [3.8, 4) is 0 Å². The van der Waals surface area contributed by atoms with E-state index in [1.165, 1.54) is 19.3 Å². The number of hydrogen-bond acceptors (Lipinski definition) is 0. The van der Waals surface area contributed by atoms with Crippen molar-refractivity contribution in [2.24, 2.45) is 17.3 Å².